The molecule has 108 valence electrons. The van der Waals surface area contributed by atoms with Crippen LogP contribution in [0.1, 0.15) is 28.4 Å². The monoisotopic (exact) mass is 285 g/mol. The summed E-state index contributed by atoms with van der Waals surface area (Å²) < 4.78 is 5.69. The van der Waals surface area contributed by atoms with E-state index in [4.69, 9.17) is 4.74 Å². The average molecular weight is 285 g/mol. The fourth-order valence-electron chi connectivity index (χ4n) is 2.15. The van der Waals surface area contributed by atoms with E-state index in [1.807, 2.05) is 32.0 Å². The van der Waals surface area contributed by atoms with Gasteiger partial charge in [-0.05, 0) is 56.2 Å². The Labute approximate surface area is 122 Å². The normalized spacial score (nSPS) is 10.2. The van der Waals surface area contributed by atoms with Crippen LogP contribution >= 0.6 is 0 Å². The molecule has 0 spiro atoms. The molecule has 0 atom stereocenters. The molecule has 2 rings (SSSR count). The molecule has 0 saturated carbocycles. The molecule has 0 fully saturated rings. The molecule has 0 aliphatic carbocycles. The zero-order valence-electron chi connectivity index (χ0n) is 12.0. The summed E-state index contributed by atoms with van der Waals surface area (Å²) in [5.41, 5.74) is 1.94. The number of nitrogens with zero attached hydrogens (tertiary/aromatic N) is 1. The van der Waals surface area contributed by atoms with Gasteiger partial charge in [-0.1, -0.05) is 6.07 Å². The predicted octanol–water partition coefficient (Wildman–Crippen LogP) is 4.21. The van der Waals surface area contributed by atoms with E-state index in [-0.39, 0.29) is 17.0 Å². The lowest BCUT2D eigenvalue weighted by Crippen LogP contribution is -2.00. The van der Waals surface area contributed by atoms with Crippen LogP contribution in [0.15, 0.2) is 36.4 Å². The Bertz CT molecular complexity index is 702. The van der Waals surface area contributed by atoms with E-state index in [0.717, 1.165) is 11.1 Å². The highest BCUT2D eigenvalue weighted by Crippen LogP contribution is 2.29. The van der Waals surface area contributed by atoms with E-state index in [0.29, 0.717) is 11.5 Å². The zero-order valence-corrected chi connectivity index (χ0v) is 12.0. The van der Waals surface area contributed by atoms with E-state index in [2.05, 4.69) is 0 Å². The molecule has 0 radical (unpaired) electrons. The number of ether oxygens (including phenoxy) is 1. The van der Waals surface area contributed by atoms with Crippen molar-refractivity contribution in [3.8, 4) is 11.5 Å². The Hall–Kier alpha value is -2.69. The third-order valence-corrected chi connectivity index (χ3v) is 2.97. The fourth-order valence-corrected chi connectivity index (χ4v) is 2.15. The van der Waals surface area contributed by atoms with Crippen LogP contribution in [-0.4, -0.2) is 10.7 Å². The summed E-state index contributed by atoms with van der Waals surface area (Å²) in [5, 5.41) is 10.9. The van der Waals surface area contributed by atoms with Crippen molar-refractivity contribution >= 4 is 11.5 Å². The highest BCUT2D eigenvalue weighted by Gasteiger charge is 2.18. The molecule has 0 amide bonds. The molecule has 0 bridgehead atoms. The molecule has 2 aromatic rings. The lowest BCUT2D eigenvalue weighted by Gasteiger charge is -2.09. The molecule has 0 N–H and O–H groups in total. The Morgan fingerprint density at radius 1 is 1.05 bits per heavy atom. The van der Waals surface area contributed by atoms with Crippen molar-refractivity contribution in [2.75, 3.05) is 0 Å². The van der Waals surface area contributed by atoms with Crippen LogP contribution in [0.25, 0.3) is 0 Å². The first-order chi connectivity index (χ1) is 9.86. The summed E-state index contributed by atoms with van der Waals surface area (Å²) in [6.07, 6.45) is 0. The Morgan fingerprint density at radius 2 is 1.67 bits per heavy atom. The maximum absolute atomic E-state index is 11.5. The van der Waals surface area contributed by atoms with Crippen LogP contribution in [-0.2, 0) is 0 Å². The Kier molecular flexibility index (Phi) is 4.03. The molecule has 0 aliphatic rings. The second-order valence-corrected chi connectivity index (χ2v) is 4.92. The maximum Gasteiger partial charge on any atom is 0.280 e. The van der Waals surface area contributed by atoms with Crippen molar-refractivity contribution in [3.05, 3.63) is 63.2 Å². The van der Waals surface area contributed by atoms with Gasteiger partial charge in [-0.15, -0.1) is 0 Å². The van der Waals surface area contributed by atoms with Crippen molar-refractivity contribution in [2.45, 2.75) is 20.8 Å². The summed E-state index contributed by atoms with van der Waals surface area (Å²) in [5.74, 6) is 0.666. The van der Waals surface area contributed by atoms with Crippen LogP contribution in [0, 0.1) is 24.0 Å². The predicted molar refractivity (Wildman–Crippen MR) is 79.1 cm³/mol. The molecule has 0 heterocycles. The minimum absolute atomic E-state index is 0.0434. The number of benzene rings is 2. The number of ketones is 1. The van der Waals surface area contributed by atoms with E-state index in [1.54, 1.807) is 0 Å². The van der Waals surface area contributed by atoms with Crippen molar-refractivity contribution in [2.24, 2.45) is 0 Å². The molecule has 0 aromatic heterocycles. The largest absolute Gasteiger partial charge is 0.457 e. The summed E-state index contributed by atoms with van der Waals surface area (Å²) >= 11 is 0. The van der Waals surface area contributed by atoms with Crippen LogP contribution in [0.2, 0.25) is 0 Å². The zero-order chi connectivity index (χ0) is 15.6. The highest BCUT2D eigenvalue weighted by molar-refractivity contribution is 5.98. The number of aryl methyl sites for hydroxylation is 2. The number of nitro benzene ring substituents is 1. The quantitative estimate of drug-likeness (QED) is 0.479. The Morgan fingerprint density at radius 3 is 2.19 bits per heavy atom. The third kappa shape index (κ3) is 3.45. The van der Waals surface area contributed by atoms with E-state index in [9.17, 15) is 14.9 Å². The van der Waals surface area contributed by atoms with Crippen molar-refractivity contribution in [3.63, 3.8) is 0 Å². The maximum atomic E-state index is 11.5. The van der Waals surface area contributed by atoms with Gasteiger partial charge in [0.05, 0.1) is 10.5 Å². The van der Waals surface area contributed by atoms with Gasteiger partial charge in [-0.3, -0.25) is 14.9 Å². The first-order valence-corrected chi connectivity index (χ1v) is 6.42. The Balaban J connectivity index is 2.39. The summed E-state index contributed by atoms with van der Waals surface area (Å²) in [6, 6.07) is 9.92. The standard InChI is InChI=1S/C16H15NO4/c1-10-6-11(2)8-14(7-10)21-13-4-5-16(17(19)20)15(9-13)12(3)18/h4-9H,1-3H3. The van der Waals surface area contributed by atoms with Crippen molar-refractivity contribution in [1.29, 1.82) is 0 Å². The van der Waals surface area contributed by atoms with Gasteiger partial charge in [0, 0.05) is 6.07 Å². The topological polar surface area (TPSA) is 69.4 Å². The molecule has 0 unspecified atom stereocenters. The first kappa shape index (κ1) is 14.7. The number of Topliss-reactive ketones (excluding diaryl/α,β-unsaturated/α-hetero) is 1. The number of rotatable bonds is 4. The van der Waals surface area contributed by atoms with Crippen LogP contribution in [0.5, 0.6) is 11.5 Å². The average Bonchev–Trinajstić information content (AvgIpc) is 2.36. The minimum Gasteiger partial charge on any atom is -0.457 e. The fraction of sp³-hybridized carbons (Fsp3) is 0.188. The first-order valence-electron chi connectivity index (χ1n) is 6.42. The van der Waals surface area contributed by atoms with Crippen molar-refractivity contribution < 1.29 is 14.5 Å². The van der Waals surface area contributed by atoms with Crippen molar-refractivity contribution in [1.82, 2.24) is 0 Å². The van der Waals surface area contributed by atoms with Gasteiger partial charge in [0.15, 0.2) is 5.78 Å². The van der Waals surface area contributed by atoms with E-state index >= 15 is 0 Å². The molecule has 0 aliphatic heterocycles. The molecule has 5 nitrogen and oxygen atoms in total. The lowest BCUT2D eigenvalue weighted by atomic mass is 10.1. The number of carbonyl (C=O) groups is 1. The summed E-state index contributed by atoms with van der Waals surface area (Å²) in [4.78, 5) is 21.8. The van der Waals surface area contributed by atoms with Gasteiger partial charge in [0.25, 0.3) is 5.69 Å². The smallest absolute Gasteiger partial charge is 0.280 e. The van der Waals surface area contributed by atoms with Gasteiger partial charge in [-0.25, -0.2) is 0 Å². The molecule has 5 heteroatoms. The lowest BCUT2D eigenvalue weighted by molar-refractivity contribution is -0.385. The SMILES string of the molecule is CC(=O)c1cc(Oc2cc(C)cc(C)c2)ccc1[N+](=O)[O-]. The summed E-state index contributed by atoms with van der Waals surface area (Å²) in [6.45, 7) is 5.20. The number of carbonyl (C=O) groups excluding carboxylic acids is 1. The molecular weight excluding hydrogens is 270 g/mol. The van der Waals surface area contributed by atoms with Gasteiger partial charge < -0.3 is 4.74 Å². The van der Waals surface area contributed by atoms with Gasteiger partial charge in [0.1, 0.15) is 11.5 Å². The van der Waals surface area contributed by atoms with Crippen LogP contribution in [0.3, 0.4) is 0 Å². The summed E-state index contributed by atoms with van der Waals surface area (Å²) in [7, 11) is 0. The second-order valence-electron chi connectivity index (χ2n) is 4.92. The molecule has 2 aromatic carbocycles. The molecule has 21 heavy (non-hydrogen) atoms. The number of hydrogen-bond acceptors (Lipinski definition) is 4. The molecular formula is C16H15NO4. The van der Waals surface area contributed by atoms with Gasteiger partial charge in [-0.2, -0.15) is 0 Å². The van der Waals surface area contributed by atoms with E-state index in [1.165, 1.54) is 25.1 Å². The molecule has 0 saturated heterocycles. The van der Waals surface area contributed by atoms with Gasteiger partial charge >= 0.3 is 0 Å². The minimum atomic E-state index is -0.572. The van der Waals surface area contributed by atoms with Gasteiger partial charge in [0.2, 0.25) is 0 Å². The number of hydrogen-bond donors (Lipinski definition) is 0. The van der Waals surface area contributed by atoms with Crippen LogP contribution < -0.4 is 4.74 Å². The highest BCUT2D eigenvalue weighted by atomic mass is 16.6. The third-order valence-electron chi connectivity index (χ3n) is 2.97. The van der Waals surface area contributed by atoms with Crippen LogP contribution in [0.4, 0.5) is 5.69 Å². The number of nitro groups is 1. The van der Waals surface area contributed by atoms with E-state index < -0.39 is 4.92 Å². The second kappa shape index (κ2) is 5.75.